The van der Waals surface area contributed by atoms with Gasteiger partial charge in [-0.3, -0.25) is 13.9 Å². The van der Waals surface area contributed by atoms with Gasteiger partial charge in [0.15, 0.2) is 5.82 Å². The Kier molecular flexibility index (Phi) is 6.41. The van der Waals surface area contributed by atoms with Gasteiger partial charge in [0.1, 0.15) is 11.0 Å². The van der Waals surface area contributed by atoms with Crippen LogP contribution in [0.5, 0.6) is 0 Å². The maximum absolute atomic E-state index is 13.0. The molecular formula is C21H24ClN7O2. The Hall–Kier alpha value is -3.07. The van der Waals surface area contributed by atoms with E-state index in [0.717, 1.165) is 24.2 Å². The van der Waals surface area contributed by atoms with Crippen molar-refractivity contribution in [2.45, 2.75) is 58.7 Å². The lowest BCUT2D eigenvalue weighted by molar-refractivity contribution is 0.470. The molecule has 0 fully saturated rings. The first kappa shape index (κ1) is 21.2. The quantitative estimate of drug-likeness (QED) is 0.507. The summed E-state index contributed by atoms with van der Waals surface area (Å²) in [7, 11) is 0. The van der Waals surface area contributed by atoms with Gasteiger partial charge in [0.05, 0.1) is 5.56 Å². The lowest BCUT2D eigenvalue weighted by Crippen LogP contribution is -2.41. The average Bonchev–Trinajstić information content (AvgIpc) is 3.37. The largest absolute Gasteiger partial charge is 0.332 e. The van der Waals surface area contributed by atoms with Gasteiger partial charge >= 0.3 is 5.69 Å². The molecule has 1 aromatic carbocycles. The van der Waals surface area contributed by atoms with Gasteiger partial charge in [-0.25, -0.2) is 14.5 Å². The fourth-order valence-electron chi connectivity index (χ4n) is 3.72. The van der Waals surface area contributed by atoms with Crippen LogP contribution in [-0.2, 0) is 32.5 Å². The maximum Gasteiger partial charge on any atom is 0.332 e. The molecule has 9 nitrogen and oxygen atoms in total. The highest BCUT2D eigenvalue weighted by atomic mass is 35.5. The number of unbranched alkanes of at least 4 members (excludes halogenated alkanes) is 1. The highest BCUT2D eigenvalue weighted by Gasteiger charge is 2.24. The molecule has 0 unspecified atom stereocenters. The molecule has 1 aliphatic heterocycles. The summed E-state index contributed by atoms with van der Waals surface area (Å²) in [5, 5.41) is 12.3. The predicted molar refractivity (Wildman–Crippen MR) is 118 cm³/mol. The van der Waals surface area contributed by atoms with Crippen LogP contribution in [0, 0.1) is 0 Å². The van der Waals surface area contributed by atoms with Crippen molar-refractivity contribution in [3.8, 4) is 0 Å². The van der Waals surface area contributed by atoms with E-state index in [4.69, 9.17) is 11.6 Å². The second-order valence-corrected chi connectivity index (χ2v) is 7.98. The van der Waals surface area contributed by atoms with Gasteiger partial charge in [-0.05, 0) is 28.8 Å². The molecule has 0 N–H and O–H groups in total. The lowest BCUT2D eigenvalue weighted by Gasteiger charge is -2.14. The first-order valence-electron chi connectivity index (χ1n) is 10.5. The van der Waals surface area contributed by atoms with Crippen LogP contribution in [0.25, 0.3) is 0 Å². The molecule has 0 aliphatic carbocycles. The number of benzene rings is 1. The van der Waals surface area contributed by atoms with Crippen molar-refractivity contribution in [2.24, 2.45) is 4.99 Å². The van der Waals surface area contributed by atoms with Crippen LogP contribution in [0.1, 0.15) is 43.1 Å². The molecule has 0 bridgehead atoms. The Labute approximate surface area is 184 Å². The standard InChI is InChI=1S/C21H24ClN7O2/c1-2-3-10-27-19-16(14-17(22)23-19)20(30)28(21(27)31)11-7-12-29-18(24-25-26-29)13-15-8-5-4-6-9-15/h4-6,8-9H,2-3,7,10-14H2,1H3. The van der Waals surface area contributed by atoms with Crippen LogP contribution < -0.4 is 11.2 Å². The van der Waals surface area contributed by atoms with E-state index in [9.17, 15) is 9.59 Å². The van der Waals surface area contributed by atoms with Gasteiger partial charge in [-0.2, -0.15) is 0 Å². The van der Waals surface area contributed by atoms with E-state index in [-0.39, 0.29) is 24.2 Å². The summed E-state index contributed by atoms with van der Waals surface area (Å²) >= 11 is 6.08. The van der Waals surface area contributed by atoms with Gasteiger partial charge < -0.3 is 0 Å². The first-order valence-corrected chi connectivity index (χ1v) is 10.8. The van der Waals surface area contributed by atoms with Crippen molar-refractivity contribution in [1.82, 2.24) is 29.3 Å². The number of aryl methyl sites for hydroxylation is 1. The molecule has 4 rings (SSSR count). The number of aliphatic imine (C=N–C) groups is 1. The van der Waals surface area contributed by atoms with Crippen LogP contribution in [-0.4, -0.2) is 34.5 Å². The zero-order valence-corrected chi connectivity index (χ0v) is 18.1. The van der Waals surface area contributed by atoms with E-state index in [1.807, 2.05) is 30.3 Å². The average molecular weight is 442 g/mol. The second-order valence-electron chi connectivity index (χ2n) is 7.55. The van der Waals surface area contributed by atoms with E-state index >= 15 is 0 Å². The van der Waals surface area contributed by atoms with Crippen LogP contribution in [0.2, 0.25) is 0 Å². The summed E-state index contributed by atoms with van der Waals surface area (Å²) in [5.41, 5.74) is 0.957. The van der Waals surface area contributed by atoms with E-state index in [1.54, 1.807) is 9.25 Å². The van der Waals surface area contributed by atoms with Crippen LogP contribution >= 0.6 is 11.6 Å². The van der Waals surface area contributed by atoms with Gasteiger partial charge in [0, 0.05) is 32.5 Å². The third-order valence-corrected chi connectivity index (χ3v) is 5.56. The van der Waals surface area contributed by atoms with Gasteiger partial charge in [0.25, 0.3) is 5.56 Å². The lowest BCUT2D eigenvalue weighted by atomic mass is 10.1. The Bertz CT molecular complexity index is 1210. The Morgan fingerprint density at radius 1 is 1.03 bits per heavy atom. The molecule has 2 aromatic heterocycles. The van der Waals surface area contributed by atoms with E-state index in [2.05, 4.69) is 27.4 Å². The fraction of sp³-hybridized carbons (Fsp3) is 0.429. The molecule has 31 heavy (non-hydrogen) atoms. The van der Waals surface area contributed by atoms with Crippen molar-refractivity contribution in [3.05, 3.63) is 68.1 Å². The number of rotatable bonds is 9. The molecule has 1 aliphatic rings. The summed E-state index contributed by atoms with van der Waals surface area (Å²) in [4.78, 5) is 30.2. The van der Waals surface area contributed by atoms with Crippen molar-refractivity contribution in [2.75, 3.05) is 0 Å². The Morgan fingerprint density at radius 2 is 1.81 bits per heavy atom. The zero-order chi connectivity index (χ0) is 21.8. The summed E-state index contributed by atoms with van der Waals surface area (Å²) < 4.78 is 4.59. The van der Waals surface area contributed by atoms with E-state index in [0.29, 0.717) is 42.5 Å². The molecule has 0 amide bonds. The molecule has 3 heterocycles. The van der Waals surface area contributed by atoms with Crippen molar-refractivity contribution >= 4 is 22.6 Å². The van der Waals surface area contributed by atoms with Gasteiger partial charge in [-0.15, -0.1) is 5.10 Å². The van der Waals surface area contributed by atoms with Crippen molar-refractivity contribution in [1.29, 1.82) is 0 Å². The molecule has 162 valence electrons. The van der Waals surface area contributed by atoms with E-state index in [1.165, 1.54) is 4.57 Å². The zero-order valence-electron chi connectivity index (χ0n) is 17.4. The predicted octanol–water partition coefficient (Wildman–Crippen LogP) is 2.30. The van der Waals surface area contributed by atoms with Crippen molar-refractivity contribution in [3.63, 3.8) is 0 Å². The van der Waals surface area contributed by atoms with E-state index < -0.39 is 0 Å². The number of fused-ring (bicyclic) bond motifs is 1. The molecule has 0 radical (unpaired) electrons. The van der Waals surface area contributed by atoms with Crippen molar-refractivity contribution < 1.29 is 0 Å². The third-order valence-electron chi connectivity index (χ3n) is 5.34. The van der Waals surface area contributed by atoms with Crippen LogP contribution in [0.15, 0.2) is 44.9 Å². The highest BCUT2D eigenvalue weighted by Crippen LogP contribution is 2.24. The number of tetrazole rings is 1. The smallest absolute Gasteiger partial charge is 0.278 e. The second kappa shape index (κ2) is 9.38. The summed E-state index contributed by atoms with van der Waals surface area (Å²) in [6.45, 7) is 3.35. The minimum atomic E-state index is -0.339. The molecule has 0 saturated heterocycles. The molecule has 0 atom stereocenters. The minimum Gasteiger partial charge on any atom is -0.278 e. The molecule has 10 heteroatoms. The summed E-state index contributed by atoms with van der Waals surface area (Å²) in [6, 6.07) is 9.96. The highest BCUT2D eigenvalue weighted by molar-refractivity contribution is 6.66. The molecular weight excluding hydrogens is 418 g/mol. The topological polar surface area (TPSA) is 100.0 Å². The summed E-state index contributed by atoms with van der Waals surface area (Å²) in [5.74, 6) is 1.16. The third kappa shape index (κ3) is 4.51. The Morgan fingerprint density at radius 3 is 2.58 bits per heavy atom. The number of hydrogen-bond donors (Lipinski definition) is 0. The SMILES string of the molecule is CCCCn1c2c(c(=O)n(CCCn3nnnc3Cc3ccccc3)c1=O)CC(Cl)=N2. The molecule has 0 spiro atoms. The molecule has 3 aromatic rings. The van der Waals surface area contributed by atoms with Crippen LogP contribution in [0.3, 0.4) is 0 Å². The first-order chi connectivity index (χ1) is 15.1. The van der Waals surface area contributed by atoms with Crippen LogP contribution in [0.4, 0.5) is 5.82 Å². The normalized spacial score (nSPS) is 12.8. The Balaban J connectivity index is 1.52. The summed E-state index contributed by atoms with van der Waals surface area (Å²) in [6.07, 6.45) is 3.19. The van der Waals surface area contributed by atoms with Gasteiger partial charge in [0.2, 0.25) is 0 Å². The minimum absolute atomic E-state index is 0.274. The van der Waals surface area contributed by atoms with Gasteiger partial charge in [-0.1, -0.05) is 55.3 Å². The number of aromatic nitrogens is 6. The number of halogens is 1. The number of hydrogen-bond acceptors (Lipinski definition) is 6. The fourth-order valence-corrected chi connectivity index (χ4v) is 3.94. The number of nitrogens with zero attached hydrogens (tertiary/aromatic N) is 7. The maximum atomic E-state index is 13.0. The molecule has 0 saturated carbocycles. The monoisotopic (exact) mass is 441 g/mol.